The molecule has 6 heteroatoms. The van der Waals surface area contributed by atoms with Crippen LogP contribution in [-0.4, -0.2) is 59.1 Å². The van der Waals surface area contributed by atoms with Crippen LogP contribution in [0.25, 0.3) is 11.2 Å². The van der Waals surface area contributed by atoms with E-state index in [9.17, 15) is 0 Å². The highest BCUT2D eigenvalue weighted by Gasteiger charge is 2.58. The lowest BCUT2D eigenvalue weighted by atomic mass is 9.99. The predicted octanol–water partition coefficient (Wildman–Crippen LogP) is 2.25. The zero-order valence-corrected chi connectivity index (χ0v) is 17.5. The Morgan fingerprint density at radius 1 is 1.07 bits per heavy atom. The van der Waals surface area contributed by atoms with Gasteiger partial charge < -0.3 is 0 Å². The van der Waals surface area contributed by atoms with Gasteiger partial charge in [-0.15, -0.1) is 0 Å². The Labute approximate surface area is 166 Å². The van der Waals surface area contributed by atoms with Crippen LogP contribution in [0.1, 0.15) is 25.6 Å². The van der Waals surface area contributed by atoms with Gasteiger partial charge >= 0.3 is 11.9 Å². The molecule has 3 aliphatic heterocycles. The van der Waals surface area contributed by atoms with E-state index in [2.05, 4.69) is 119 Å². The Kier molecular flexibility index (Phi) is 3.50. The normalized spacial score (nSPS) is 22.7. The summed E-state index contributed by atoms with van der Waals surface area (Å²) in [5.41, 5.74) is 5.17. The van der Waals surface area contributed by atoms with E-state index < -0.39 is 0 Å². The first-order valence-electron chi connectivity index (χ1n) is 9.80. The number of fused-ring (bicyclic) bond motifs is 7. The first kappa shape index (κ1) is 17.1. The van der Waals surface area contributed by atoms with E-state index in [1.54, 1.807) is 0 Å². The molecule has 0 saturated carbocycles. The van der Waals surface area contributed by atoms with Crippen molar-refractivity contribution in [3.8, 4) is 0 Å². The minimum Gasteiger partial charge on any atom is -0.269 e. The van der Waals surface area contributed by atoms with Crippen LogP contribution in [0.4, 0.5) is 5.95 Å². The van der Waals surface area contributed by atoms with Gasteiger partial charge in [0.15, 0.2) is 11.7 Å². The molecule has 0 aliphatic carbocycles. The molecule has 2 aromatic rings. The van der Waals surface area contributed by atoms with E-state index in [1.165, 1.54) is 34.5 Å². The molecule has 28 heavy (non-hydrogen) atoms. The highest BCUT2D eigenvalue weighted by molar-refractivity contribution is 5.86. The van der Waals surface area contributed by atoms with Gasteiger partial charge in [0.2, 0.25) is 0 Å². The Bertz CT molecular complexity index is 1110. The highest BCUT2D eigenvalue weighted by Crippen LogP contribution is 2.47. The quantitative estimate of drug-likeness (QED) is 0.713. The molecule has 2 unspecified atom stereocenters. The second-order valence-corrected chi connectivity index (χ2v) is 8.18. The predicted molar refractivity (Wildman–Crippen MR) is 112 cm³/mol. The minimum atomic E-state index is 0.216. The number of aromatic nitrogens is 2. The average molecular weight is 377 g/mol. The number of guanidine groups is 1. The summed E-state index contributed by atoms with van der Waals surface area (Å²) < 4.78 is 7.00. The molecule has 1 fully saturated rings. The smallest absolute Gasteiger partial charge is 0.269 e. The molecule has 0 radical (unpaired) electrons. The Hall–Kier alpha value is -3.02. The Morgan fingerprint density at radius 2 is 1.86 bits per heavy atom. The second-order valence-electron chi connectivity index (χ2n) is 8.18. The third kappa shape index (κ3) is 1.97. The summed E-state index contributed by atoms with van der Waals surface area (Å²) in [5.74, 6) is 2.41. The lowest BCUT2D eigenvalue weighted by Gasteiger charge is -2.28. The molecule has 6 nitrogen and oxygen atoms in total. The van der Waals surface area contributed by atoms with Gasteiger partial charge in [-0.05, 0) is 38.1 Å². The summed E-state index contributed by atoms with van der Waals surface area (Å²) in [5, 5.41) is 0. The van der Waals surface area contributed by atoms with Gasteiger partial charge in [-0.25, -0.2) is 14.2 Å². The molecular weight excluding hydrogens is 348 g/mol. The fraction of sp³-hybridized carbons (Fsp3) is 0.364. The number of rotatable bonds is 1. The monoisotopic (exact) mass is 376 g/mol. The lowest BCUT2D eigenvalue weighted by molar-refractivity contribution is -0.497. The summed E-state index contributed by atoms with van der Waals surface area (Å²) in [6.07, 6.45) is 11.0. The van der Waals surface area contributed by atoms with Gasteiger partial charge in [0, 0.05) is 0 Å². The first-order valence-corrected chi connectivity index (χ1v) is 9.80. The van der Waals surface area contributed by atoms with Crippen molar-refractivity contribution in [1.82, 2.24) is 14.4 Å². The van der Waals surface area contributed by atoms with E-state index in [4.69, 9.17) is 0 Å². The van der Waals surface area contributed by atoms with Crippen LogP contribution in [0.3, 0.4) is 0 Å². The molecule has 5 rings (SSSR count). The van der Waals surface area contributed by atoms with Crippen molar-refractivity contribution in [2.24, 2.45) is 0 Å². The lowest BCUT2D eigenvalue weighted by Crippen LogP contribution is -2.39. The van der Waals surface area contributed by atoms with Gasteiger partial charge in [0.1, 0.15) is 23.0 Å². The third-order valence-corrected chi connectivity index (χ3v) is 6.11. The van der Waals surface area contributed by atoms with E-state index in [1.807, 2.05) is 0 Å². The van der Waals surface area contributed by atoms with Crippen LogP contribution in [0.15, 0.2) is 54.5 Å². The van der Waals surface area contributed by atoms with Crippen LogP contribution in [-0.2, 0) is 0 Å². The van der Waals surface area contributed by atoms with Crippen molar-refractivity contribution in [2.45, 2.75) is 25.9 Å². The summed E-state index contributed by atoms with van der Waals surface area (Å²) in [6, 6.07) is 6.97. The van der Waals surface area contributed by atoms with E-state index in [0.29, 0.717) is 0 Å². The Balaban J connectivity index is 1.91. The molecule has 3 aliphatic rings. The first-order chi connectivity index (χ1) is 13.4. The van der Waals surface area contributed by atoms with Crippen LogP contribution < -0.4 is 9.30 Å². The molecule has 0 N–H and O–H groups in total. The van der Waals surface area contributed by atoms with Gasteiger partial charge in [0.25, 0.3) is 0 Å². The van der Waals surface area contributed by atoms with E-state index in [-0.39, 0.29) is 12.1 Å². The van der Waals surface area contributed by atoms with E-state index >= 15 is 0 Å². The largest absolute Gasteiger partial charge is 0.369 e. The summed E-state index contributed by atoms with van der Waals surface area (Å²) in [6.45, 7) is 4.48. The number of allylic oxidation sites excluding steroid dienone is 4. The number of nitrogens with zero attached hydrogens (tertiary/aromatic N) is 6. The molecule has 5 heterocycles. The molecule has 144 valence electrons. The zero-order chi connectivity index (χ0) is 19.7. The van der Waals surface area contributed by atoms with Crippen molar-refractivity contribution in [2.75, 3.05) is 33.1 Å². The molecular formula is C22H28N6+2. The van der Waals surface area contributed by atoms with Gasteiger partial charge in [-0.2, -0.15) is 4.57 Å². The summed E-state index contributed by atoms with van der Waals surface area (Å²) in [4.78, 5) is 7.13. The molecule has 1 saturated heterocycles. The third-order valence-electron chi connectivity index (χ3n) is 6.11. The van der Waals surface area contributed by atoms with Crippen LogP contribution >= 0.6 is 0 Å². The molecule has 0 aromatic carbocycles. The van der Waals surface area contributed by atoms with Crippen LogP contribution in [0.2, 0.25) is 0 Å². The van der Waals surface area contributed by atoms with Crippen molar-refractivity contribution in [1.29, 1.82) is 0 Å². The van der Waals surface area contributed by atoms with Crippen LogP contribution in [0, 0.1) is 0 Å². The number of pyridine rings is 1. The minimum absolute atomic E-state index is 0.216. The van der Waals surface area contributed by atoms with Gasteiger partial charge in [-0.1, -0.05) is 12.1 Å². The highest BCUT2D eigenvalue weighted by atomic mass is 15.5. The standard InChI is InChI=1S/C22H28N6/c1-15-16(2)28-20(18-12-8-10-14-26(18)22(28)24(5)6)19-17-11-7-9-13-25(17)21(23(3)4)27(15)19/h7-14,17,19H,1-6H3/q+2. The second kappa shape index (κ2) is 5.74. The topological polar surface area (TPSA) is 21.8 Å². The number of anilines is 1. The van der Waals surface area contributed by atoms with Crippen molar-refractivity contribution in [3.63, 3.8) is 0 Å². The Morgan fingerprint density at radius 3 is 2.57 bits per heavy atom. The maximum absolute atomic E-state index is 2.52. The molecule has 2 atom stereocenters. The number of hydrogen-bond donors (Lipinski definition) is 0. The molecule has 0 spiro atoms. The summed E-state index contributed by atoms with van der Waals surface area (Å²) >= 11 is 0. The summed E-state index contributed by atoms with van der Waals surface area (Å²) in [7, 11) is 8.52. The fourth-order valence-electron chi connectivity index (χ4n) is 4.98. The fourth-order valence-corrected chi connectivity index (χ4v) is 4.98. The van der Waals surface area contributed by atoms with Crippen molar-refractivity contribution < 1.29 is 8.98 Å². The van der Waals surface area contributed by atoms with Crippen molar-refractivity contribution in [3.05, 3.63) is 60.2 Å². The van der Waals surface area contributed by atoms with E-state index in [0.717, 1.165) is 0 Å². The zero-order valence-electron chi connectivity index (χ0n) is 17.5. The average Bonchev–Trinajstić information content (AvgIpc) is 3.19. The maximum Gasteiger partial charge on any atom is 0.369 e. The molecule has 0 bridgehead atoms. The molecule has 2 aromatic heterocycles. The SMILES string of the molecule is CC1=C(C)n2c(c3cccc[n+]3c2N(C)C)C2C3C=CC=CN3C(=[N+](C)C)N12. The van der Waals surface area contributed by atoms with Gasteiger partial charge in [0.05, 0.1) is 40.6 Å². The van der Waals surface area contributed by atoms with Gasteiger partial charge in [-0.3, -0.25) is 9.48 Å². The van der Waals surface area contributed by atoms with Crippen molar-refractivity contribution >= 4 is 23.1 Å². The number of imidazole rings is 1. The maximum atomic E-state index is 2.52. The number of hydrogen-bond acceptors (Lipinski definition) is 1. The van der Waals surface area contributed by atoms with Crippen LogP contribution in [0.5, 0.6) is 0 Å². The molecule has 0 amide bonds.